The lowest BCUT2D eigenvalue weighted by Gasteiger charge is -2.21. The van der Waals surface area contributed by atoms with Crippen molar-refractivity contribution in [3.8, 4) is 0 Å². The molecule has 0 unspecified atom stereocenters. The van der Waals surface area contributed by atoms with Gasteiger partial charge in [-0.05, 0) is 36.4 Å². The molecular formula is C15H12ClN3O3S. The van der Waals surface area contributed by atoms with Crippen molar-refractivity contribution in [3.63, 3.8) is 0 Å². The summed E-state index contributed by atoms with van der Waals surface area (Å²) < 4.78 is 27.1. The number of halogens is 1. The molecule has 0 spiro atoms. The van der Waals surface area contributed by atoms with E-state index in [-0.39, 0.29) is 4.90 Å². The predicted molar refractivity (Wildman–Crippen MR) is 88.8 cm³/mol. The summed E-state index contributed by atoms with van der Waals surface area (Å²) in [6, 6.07) is 12.5. The number of para-hydroxylation sites is 1. The molecule has 0 amide bonds. The van der Waals surface area contributed by atoms with Gasteiger partial charge in [-0.2, -0.15) is 13.1 Å². The fourth-order valence-electron chi connectivity index (χ4n) is 2.14. The minimum Gasteiger partial charge on any atom is -0.267 e. The van der Waals surface area contributed by atoms with Gasteiger partial charge in [-0.1, -0.05) is 23.7 Å². The van der Waals surface area contributed by atoms with Crippen molar-refractivity contribution in [1.29, 1.82) is 0 Å². The van der Waals surface area contributed by atoms with Crippen LogP contribution in [0.15, 0.2) is 64.5 Å². The van der Waals surface area contributed by atoms with Crippen molar-refractivity contribution >= 4 is 32.5 Å². The summed E-state index contributed by atoms with van der Waals surface area (Å²) in [5, 5.41) is 0.768. The third-order valence-corrected chi connectivity index (χ3v) is 5.40. The maximum absolute atomic E-state index is 12.6. The average molecular weight is 350 g/mol. The Labute approximate surface area is 137 Å². The van der Waals surface area contributed by atoms with Gasteiger partial charge in [0, 0.05) is 12.1 Å². The smallest absolute Gasteiger partial charge is 0.267 e. The standard InChI is InChI=1S/C15H12ClN3O3S/c1-18(23(21,22)12-8-6-11(16)7-9-12)19-10-17-14-5-3-2-4-13(14)15(19)20/h2-10H,1H3. The van der Waals surface area contributed by atoms with Crippen molar-refractivity contribution < 1.29 is 8.42 Å². The van der Waals surface area contributed by atoms with E-state index in [9.17, 15) is 13.2 Å². The number of hydrogen-bond acceptors (Lipinski definition) is 4. The van der Waals surface area contributed by atoms with Crippen LogP contribution in [0.2, 0.25) is 5.02 Å². The van der Waals surface area contributed by atoms with E-state index >= 15 is 0 Å². The zero-order chi connectivity index (χ0) is 16.6. The first-order valence-electron chi connectivity index (χ1n) is 6.62. The molecule has 0 aliphatic rings. The van der Waals surface area contributed by atoms with Crippen LogP contribution in [0.1, 0.15) is 0 Å². The van der Waals surface area contributed by atoms with E-state index < -0.39 is 15.6 Å². The van der Waals surface area contributed by atoms with Gasteiger partial charge in [-0.3, -0.25) is 4.79 Å². The third kappa shape index (κ3) is 2.69. The summed E-state index contributed by atoms with van der Waals surface area (Å²) in [7, 11) is -2.61. The molecule has 23 heavy (non-hydrogen) atoms. The van der Waals surface area contributed by atoms with E-state index in [1.807, 2.05) is 0 Å². The van der Waals surface area contributed by atoms with Gasteiger partial charge >= 0.3 is 0 Å². The van der Waals surface area contributed by atoms with Crippen molar-refractivity contribution in [2.45, 2.75) is 4.90 Å². The molecule has 8 heteroatoms. The van der Waals surface area contributed by atoms with Gasteiger partial charge in [-0.15, -0.1) is 0 Å². The van der Waals surface area contributed by atoms with Crippen LogP contribution in [0.3, 0.4) is 0 Å². The molecule has 0 aliphatic heterocycles. The Morgan fingerprint density at radius 2 is 1.74 bits per heavy atom. The van der Waals surface area contributed by atoms with E-state index in [1.165, 1.54) is 37.6 Å². The minimum absolute atomic E-state index is 0.0319. The molecular weight excluding hydrogens is 338 g/mol. The highest BCUT2D eigenvalue weighted by atomic mass is 35.5. The Hall–Kier alpha value is -2.38. The van der Waals surface area contributed by atoms with Gasteiger partial charge in [0.2, 0.25) is 0 Å². The van der Waals surface area contributed by atoms with E-state index in [0.29, 0.717) is 15.9 Å². The van der Waals surface area contributed by atoms with Gasteiger partial charge in [0.25, 0.3) is 15.6 Å². The molecule has 118 valence electrons. The molecule has 2 aromatic carbocycles. The number of sulfonamides is 1. The number of benzene rings is 2. The number of hydrogen-bond donors (Lipinski definition) is 0. The molecule has 3 aromatic rings. The summed E-state index contributed by atoms with van der Waals surface area (Å²) in [6.45, 7) is 0. The van der Waals surface area contributed by atoms with Gasteiger partial charge in [0.05, 0.1) is 15.8 Å². The fraction of sp³-hybridized carbons (Fsp3) is 0.0667. The molecule has 0 saturated heterocycles. The SMILES string of the molecule is CN(n1cnc2ccccc2c1=O)S(=O)(=O)c1ccc(Cl)cc1. The molecule has 0 radical (unpaired) electrons. The topological polar surface area (TPSA) is 72.3 Å². The quantitative estimate of drug-likeness (QED) is 0.725. The number of fused-ring (bicyclic) bond motifs is 1. The molecule has 0 aliphatic carbocycles. The average Bonchev–Trinajstić information content (AvgIpc) is 2.55. The van der Waals surface area contributed by atoms with Crippen molar-refractivity contribution in [1.82, 2.24) is 9.66 Å². The predicted octanol–water partition coefficient (Wildman–Crippen LogP) is 2.01. The van der Waals surface area contributed by atoms with Crippen LogP contribution < -0.4 is 9.97 Å². The lowest BCUT2D eigenvalue weighted by Crippen LogP contribution is -2.43. The van der Waals surface area contributed by atoms with Crippen LogP contribution in [0.5, 0.6) is 0 Å². The van der Waals surface area contributed by atoms with Gasteiger partial charge in [0.1, 0.15) is 6.33 Å². The van der Waals surface area contributed by atoms with Crippen molar-refractivity contribution in [3.05, 3.63) is 70.2 Å². The summed E-state index contributed by atoms with van der Waals surface area (Å²) in [4.78, 5) is 16.6. The van der Waals surface area contributed by atoms with Crippen LogP contribution in [-0.2, 0) is 10.0 Å². The highest BCUT2D eigenvalue weighted by Crippen LogP contribution is 2.16. The number of rotatable bonds is 3. The van der Waals surface area contributed by atoms with Crippen LogP contribution in [0.4, 0.5) is 0 Å². The van der Waals surface area contributed by atoms with Gasteiger partial charge < -0.3 is 0 Å². The first-order chi connectivity index (χ1) is 10.9. The molecule has 3 rings (SSSR count). The molecule has 0 fully saturated rings. The Morgan fingerprint density at radius 1 is 1.09 bits per heavy atom. The Kier molecular flexibility index (Phi) is 3.83. The summed E-state index contributed by atoms with van der Waals surface area (Å²) in [6.07, 6.45) is 1.19. The second-order valence-corrected chi connectivity index (χ2v) is 7.19. The lowest BCUT2D eigenvalue weighted by atomic mass is 10.2. The van der Waals surface area contributed by atoms with Crippen LogP contribution in [0.25, 0.3) is 10.9 Å². The fourth-order valence-corrected chi connectivity index (χ4v) is 3.39. The lowest BCUT2D eigenvalue weighted by molar-refractivity contribution is 0.575. The molecule has 0 saturated carbocycles. The highest BCUT2D eigenvalue weighted by Gasteiger charge is 2.22. The second kappa shape index (κ2) is 5.68. The normalized spacial score (nSPS) is 11.6. The third-order valence-electron chi connectivity index (χ3n) is 3.41. The summed E-state index contributed by atoms with van der Waals surface area (Å²) >= 11 is 5.78. The van der Waals surface area contributed by atoms with Crippen LogP contribution in [-0.4, -0.2) is 25.1 Å². The van der Waals surface area contributed by atoms with Crippen molar-refractivity contribution in [2.75, 3.05) is 11.5 Å². The second-order valence-electron chi connectivity index (χ2n) is 4.80. The van der Waals surface area contributed by atoms with Crippen molar-refractivity contribution in [2.24, 2.45) is 0 Å². The van der Waals surface area contributed by atoms with E-state index in [2.05, 4.69) is 4.98 Å². The molecule has 6 nitrogen and oxygen atoms in total. The molecule has 1 aromatic heterocycles. The Balaban J connectivity index is 2.13. The van der Waals surface area contributed by atoms with Gasteiger partial charge in [-0.25, -0.2) is 9.40 Å². The van der Waals surface area contributed by atoms with Crippen LogP contribution >= 0.6 is 11.6 Å². The maximum Gasteiger partial charge on any atom is 0.280 e. The zero-order valence-electron chi connectivity index (χ0n) is 12.0. The number of nitrogens with zero attached hydrogens (tertiary/aromatic N) is 3. The van der Waals surface area contributed by atoms with E-state index in [0.717, 1.165) is 9.09 Å². The zero-order valence-corrected chi connectivity index (χ0v) is 13.6. The van der Waals surface area contributed by atoms with E-state index in [1.54, 1.807) is 24.3 Å². The molecule has 1 heterocycles. The Bertz CT molecular complexity index is 1030. The van der Waals surface area contributed by atoms with Gasteiger partial charge in [0.15, 0.2) is 0 Å². The molecule has 0 atom stereocenters. The molecule has 0 bridgehead atoms. The first-order valence-corrected chi connectivity index (χ1v) is 8.44. The van der Waals surface area contributed by atoms with E-state index in [4.69, 9.17) is 11.6 Å². The molecule has 0 N–H and O–H groups in total. The van der Waals surface area contributed by atoms with Crippen LogP contribution in [0, 0.1) is 0 Å². The monoisotopic (exact) mass is 349 g/mol. The largest absolute Gasteiger partial charge is 0.280 e. The highest BCUT2D eigenvalue weighted by molar-refractivity contribution is 7.92. The first kappa shape index (κ1) is 15.5. The number of aromatic nitrogens is 2. The summed E-state index contributed by atoms with van der Waals surface area (Å²) in [5.74, 6) is 0. The minimum atomic E-state index is -3.90. The summed E-state index contributed by atoms with van der Waals surface area (Å²) in [5.41, 5.74) is 0.0432. The Morgan fingerprint density at radius 3 is 2.43 bits per heavy atom. The maximum atomic E-state index is 12.6.